The molecular formula is C11H12F2N4O. The lowest BCUT2D eigenvalue weighted by molar-refractivity contribution is 0.268. The van der Waals surface area contributed by atoms with E-state index in [1.54, 1.807) is 6.20 Å². The molecule has 2 rings (SSSR count). The second-order valence-electron chi connectivity index (χ2n) is 3.65. The fourth-order valence-corrected chi connectivity index (χ4v) is 1.48. The molecule has 2 aromatic rings. The molecule has 0 aliphatic carbocycles. The highest BCUT2D eigenvalue weighted by Gasteiger charge is 2.08. The lowest BCUT2D eigenvalue weighted by Crippen LogP contribution is -2.04. The maximum Gasteiger partial charge on any atom is 0.149 e. The molecule has 0 aliphatic rings. The SMILES string of the molecule is OCCn1cc(CNc2c(F)cccc2F)nn1. The standard InChI is InChI=1S/C11H12F2N4O/c12-9-2-1-3-10(13)11(9)14-6-8-7-17(4-5-18)16-15-8/h1-3,7,14,18H,4-6H2. The van der Waals surface area contributed by atoms with Crippen molar-refractivity contribution in [1.29, 1.82) is 0 Å². The highest BCUT2D eigenvalue weighted by atomic mass is 19.1. The molecule has 0 amide bonds. The van der Waals surface area contributed by atoms with Gasteiger partial charge in [0.05, 0.1) is 25.9 Å². The Kier molecular flexibility index (Phi) is 3.83. The van der Waals surface area contributed by atoms with Crippen LogP contribution in [-0.2, 0) is 13.1 Å². The van der Waals surface area contributed by atoms with Crippen LogP contribution in [-0.4, -0.2) is 26.7 Å². The number of aliphatic hydroxyl groups excluding tert-OH is 1. The van der Waals surface area contributed by atoms with Gasteiger partial charge in [0.2, 0.25) is 0 Å². The number of nitrogens with zero attached hydrogens (tertiary/aromatic N) is 3. The topological polar surface area (TPSA) is 63.0 Å². The van der Waals surface area contributed by atoms with Gasteiger partial charge < -0.3 is 10.4 Å². The molecule has 0 fully saturated rings. The number of aliphatic hydroxyl groups is 1. The molecule has 0 aliphatic heterocycles. The molecule has 0 spiro atoms. The molecule has 7 heteroatoms. The van der Waals surface area contributed by atoms with Crippen molar-refractivity contribution in [3.63, 3.8) is 0 Å². The van der Waals surface area contributed by atoms with Crippen LogP contribution >= 0.6 is 0 Å². The zero-order valence-corrected chi connectivity index (χ0v) is 9.48. The van der Waals surface area contributed by atoms with Crippen LogP contribution in [0.1, 0.15) is 5.69 Å². The molecule has 0 saturated heterocycles. The van der Waals surface area contributed by atoms with E-state index in [9.17, 15) is 8.78 Å². The number of nitrogens with one attached hydrogen (secondary N) is 1. The molecule has 5 nitrogen and oxygen atoms in total. The van der Waals surface area contributed by atoms with Crippen molar-refractivity contribution in [2.45, 2.75) is 13.1 Å². The summed E-state index contributed by atoms with van der Waals surface area (Å²) in [5.74, 6) is -1.31. The molecule has 1 aromatic heterocycles. The molecular weight excluding hydrogens is 242 g/mol. The molecule has 0 saturated carbocycles. The van der Waals surface area contributed by atoms with Crippen LogP contribution in [0.5, 0.6) is 0 Å². The van der Waals surface area contributed by atoms with Crippen LogP contribution in [0, 0.1) is 11.6 Å². The van der Waals surface area contributed by atoms with E-state index in [0.29, 0.717) is 12.2 Å². The van der Waals surface area contributed by atoms with E-state index in [4.69, 9.17) is 5.11 Å². The predicted octanol–water partition coefficient (Wildman–Crippen LogP) is 1.16. The van der Waals surface area contributed by atoms with Crippen molar-refractivity contribution in [3.05, 3.63) is 41.7 Å². The van der Waals surface area contributed by atoms with Crippen molar-refractivity contribution in [3.8, 4) is 0 Å². The summed E-state index contributed by atoms with van der Waals surface area (Å²) in [6.07, 6.45) is 1.60. The van der Waals surface area contributed by atoms with Gasteiger partial charge in [0.1, 0.15) is 23.0 Å². The molecule has 0 unspecified atom stereocenters. The summed E-state index contributed by atoms with van der Waals surface area (Å²) in [6.45, 7) is 0.447. The number of para-hydroxylation sites is 1. The Hall–Kier alpha value is -2.02. The minimum atomic E-state index is -0.655. The minimum absolute atomic E-state index is 0.0435. The third kappa shape index (κ3) is 2.80. The minimum Gasteiger partial charge on any atom is -0.394 e. The maximum atomic E-state index is 13.3. The monoisotopic (exact) mass is 254 g/mol. The summed E-state index contributed by atoms with van der Waals surface area (Å²) in [5, 5.41) is 18.9. The molecule has 0 atom stereocenters. The van der Waals surface area contributed by atoms with Gasteiger partial charge in [-0.25, -0.2) is 13.5 Å². The number of aromatic nitrogens is 3. The van der Waals surface area contributed by atoms with Crippen LogP contribution < -0.4 is 5.32 Å². The Morgan fingerprint density at radius 3 is 2.67 bits per heavy atom. The van der Waals surface area contributed by atoms with Crippen LogP contribution in [0.15, 0.2) is 24.4 Å². The van der Waals surface area contributed by atoms with Gasteiger partial charge in [-0.2, -0.15) is 0 Å². The van der Waals surface area contributed by atoms with Gasteiger partial charge in [-0.05, 0) is 12.1 Å². The first kappa shape index (κ1) is 12.4. The summed E-state index contributed by atoms with van der Waals surface area (Å²) in [7, 11) is 0. The highest BCUT2D eigenvalue weighted by molar-refractivity contribution is 5.46. The van der Waals surface area contributed by atoms with Crippen LogP contribution in [0.3, 0.4) is 0 Å². The zero-order valence-electron chi connectivity index (χ0n) is 9.48. The molecule has 0 radical (unpaired) electrons. The van der Waals surface area contributed by atoms with Crippen molar-refractivity contribution in [2.24, 2.45) is 0 Å². The van der Waals surface area contributed by atoms with Crippen molar-refractivity contribution < 1.29 is 13.9 Å². The Morgan fingerprint density at radius 2 is 2.00 bits per heavy atom. The van der Waals surface area contributed by atoms with E-state index in [0.717, 1.165) is 0 Å². The van der Waals surface area contributed by atoms with Crippen molar-refractivity contribution in [1.82, 2.24) is 15.0 Å². The van der Waals surface area contributed by atoms with Crippen LogP contribution in [0.25, 0.3) is 0 Å². The van der Waals surface area contributed by atoms with Gasteiger partial charge in [-0.1, -0.05) is 11.3 Å². The number of benzene rings is 1. The van der Waals surface area contributed by atoms with E-state index in [1.165, 1.54) is 22.9 Å². The van der Waals surface area contributed by atoms with Gasteiger partial charge in [-0.15, -0.1) is 5.10 Å². The quantitative estimate of drug-likeness (QED) is 0.840. The third-order valence-corrected chi connectivity index (χ3v) is 2.32. The molecule has 1 aromatic carbocycles. The average Bonchev–Trinajstić information content (AvgIpc) is 2.77. The fraction of sp³-hybridized carbons (Fsp3) is 0.273. The molecule has 18 heavy (non-hydrogen) atoms. The van der Waals surface area contributed by atoms with Crippen molar-refractivity contribution in [2.75, 3.05) is 11.9 Å². The molecule has 96 valence electrons. The molecule has 1 heterocycles. The van der Waals surface area contributed by atoms with Gasteiger partial charge in [0.15, 0.2) is 0 Å². The number of halogens is 2. The molecule has 0 bridgehead atoms. The van der Waals surface area contributed by atoms with Gasteiger partial charge in [0, 0.05) is 0 Å². The normalized spacial score (nSPS) is 10.6. The Balaban J connectivity index is 2.02. The average molecular weight is 254 g/mol. The van der Waals surface area contributed by atoms with Crippen LogP contribution in [0.4, 0.5) is 14.5 Å². The van der Waals surface area contributed by atoms with Gasteiger partial charge in [0.25, 0.3) is 0 Å². The second kappa shape index (κ2) is 5.54. The first-order valence-corrected chi connectivity index (χ1v) is 5.38. The summed E-state index contributed by atoms with van der Waals surface area (Å²) in [4.78, 5) is 0. The summed E-state index contributed by atoms with van der Waals surface area (Å²) in [5.41, 5.74) is 0.348. The fourth-order valence-electron chi connectivity index (χ4n) is 1.48. The third-order valence-electron chi connectivity index (χ3n) is 2.32. The van der Waals surface area contributed by atoms with Crippen molar-refractivity contribution >= 4 is 5.69 Å². The lowest BCUT2D eigenvalue weighted by atomic mass is 10.3. The van der Waals surface area contributed by atoms with Crippen LogP contribution in [0.2, 0.25) is 0 Å². The summed E-state index contributed by atoms with van der Waals surface area (Å²) < 4.78 is 28.1. The van der Waals surface area contributed by atoms with E-state index in [1.807, 2.05) is 0 Å². The highest BCUT2D eigenvalue weighted by Crippen LogP contribution is 2.18. The number of hydrogen-bond donors (Lipinski definition) is 2. The number of anilines is 1. The Morgan fingerprint density at radius 1 is 1.28 bits per heavy atom. The Labute approximate surface area is 102 Å². The lowest BCUT2D eigenvalue weighted by Gasteiger charge is -2.06. The smallest absolute Gasteiger partial charge is 0.149 e. The van der Waals surface area contributed by atoms with E-state index >= 15 is 0 Å². The molecule has 2 N–H and O–H groups in total. The van der Waals surface area contributed by atoms with Gasteiger partial charge in [-0.3, -0.25) is 0 Å². The number of rotatable bonds is 5. The van der Waals surface area contributed by atoms with Gasteiger partial charge >= 0.3 is 0 Å². The Bertz CT molecular complexity index is 509. The number of hydrogen-bond acceptors (Lipinski definition) is 4. The van der Waals surface area contributed by atoms with E-state index in [2.05, 4.69) is 15.6 Å². The maximum absolute atomic E-state index is 13.3. The second-order valence-corrected chi connectivity index (χ2v) is 3.65. The zero-order chi connectivity index (χ0) is 13.0. The first-order chi connectivity index (χ1) is 8.70. The summed E-state index contributed by atoms with van der Waals surface area (Å²) in [6, 6.07) is 3.65. The summed E-state index contributed by atoms with van der Waals surface area (Å²) >= 11 is 0. The van der Waals surface area contributed by atoms with E-state index < -0.39 is 11.6 Å². The largest absolute Gasteiger partial charge is 0.394 e. The first-order valence-electron chi connectivity index (χ1n) is 5.38. The van der Waals surface area contributed by atoms with E-state index in [-0.39, 0.29) is 18.8 Å². The predicted molar refractivity (Wildman–Crippen MR) is 60.8 cm³/mol.